The van der Waals surface area contributed by atoms with Gasteiger partial charge in [-0.05, 0) is 35.8 Å². The number of imide groups is 1. The molecule has 16 nitrogen and oxygen atoms in total. The molecule has 0 spiro atoms. The highest BCUT2D eigenvalue weighted by atomic mass is 35.5. The molecule has 2 aliphatic heterocycles. The maximum Gasteiger partial charge on any atom is 0.347 e. The number of methoxy groups -OCH3 is 4. The third-order valence-electron chi connectivity index (χ3n) is 12.5. The average Bonchev–Trinajstić information content (AvgIpc) is 3.66. The third-order valence-corrected chi connectivity index (χ3v) is 12.8. The summed E-state index contributed by atoms with van der Waals surface area (Å²) in [4.78, 5) is 79.2. The molecule has 2 amide bonds. The van der Waals surface area contributed by atoms with E-state index in [2.05, 4.69) is 4.98 Å². The van der Waals surface area contributed by atoms with Gasteiger partial charge in [0.2, 0.25) is 11.8 Å². The quantitative estimate of drug-likeness (QED) is 0.152. The molecular weight excluding hydrogens is 820 g/mol. The first-order valence-electron chi connectivity index (χ1n) is 19.8. The van der Waals surface area contributed by atoms with Crippen LogP contribution in [-0.2, 0) is 41.6 Å². The van der Waals surface area contributed by atoms with Crippen molar-refractivity contribution in [2.45, 2.75) is 43.3 Å². The first-order chi connectivity index (χ1) is 29.9. The lowest BCUT2D eigenvalue weighted by molar-refractivity contribution is -0.124. The predicted octanol–water partition coefficient (Wildman–Crippen LogP) is 4.49. The Hall–Kier alpha value is -7.07. The molecule has 6 aromatic rings. The number of halogens is 1. The van der Waals surface area contributed by atoms with E-state index < -0.39 is 52.0 Å². The van der Waals surface area contributed by atoms with Crippen molar-refractivity contribution in [1.82, 2.24) is 23.5 Å². The van der Waals surface area contributed by atoms with E-state index in [0.29, 0.717) is 44.3 Å². The summed E-state index contributed by atoms with van der Waals surface area (Å²) in [5.41, 5.74) is -0.558. The fourth-order valence-corrected chi connectivity index (χ4v) is 10.0. The summed E-state index contributed by atoms with van der Waals surface area (Å²) >= 11 is 6.44. The summed E-state index contributed by atoms with van der Waals surface area (Å²) in [6.45, 7) is -0.256. The summed E-state index contributed by atoms with van der Waals surface area (Å²) in [6.07, 6.45) is 1.70. The summed E-state index contributed by atoms with van der Waals surface area (Å²) in [7, 11) is 7.43. The minimum absolute atomic E-state index is 0.0526. The van der Waals surface area contributed by atoms with Crippen LogP contribution in [0.1, 0.15) is 35.2 Å². The SMILES string of the molecule is COc1cc2nc(CCn3c(=O)n4n(c3=O)C3CC5C(=O)N(c6cccc(Cl)c6)C(=O)C5(c5ccccc5)C(c5c(OC)cc(O)cc5OC)C3=CC4)c(=O)n(C)c2cc1OC. The van der Waals surface area contributed by atoms with E-state index in [4.69, 9.17) is 30.5 Å². The fourth-order valence-electron chi connectivity index (χ4n) is 9.86. The predicted molar refractivity (Wildman–Crippen MR) is 228 cm³/mol. The number of allylic oxidation sites excluding steroid dienone is 2. The molecule has 1 saturated carbocycles. The molecule has 2 aromatic heterocycles. The Bertz CT molecular complexity index is 3040. The van der Waals surface area contributed by atoms with E-state index >= 15 is 9.59 Å². The molecule has 9 rings (SSSR count). The average molecular weight is 861 g/mol. The number of carbonyl (C=O) groups excluding carboxylic acids is 2. The smallest absolute Gasteiger partial charge is 0.347 e. The van der Waals surface area contributed by atoms with E-state index in [1.807, 2.05) is 12.1 Å². The van der Waals surface area contributed by atoms with Crippen LogP contribution in [0.3, 0.4) is 0 Å². The van der Waals surface area contributed by atoms with E-state index in [1.165, 1.54) is 54.5 Å². The van der Waals surface area contributed by atoms with E-state index in [1.54, 1.807) is 67.7 Å². The summed E-state index contributed by atoms with van der Waals surface area (Å²) in [5, 5.41) is 11.1. The van der Waals surface area contributed by atoms with E-state index in [0.717, 1.165) is 9.47 Å². The number of ether oxygens (including phenoxy) is 4. The van der Waals surface area contributed by atoms with Gasteiger partial charge in [-0.15, -0.1) is 0 Å². The van der Waals surface area contributed by atoms with Gasteiger partial charge in [-0.1, -0.05) is 54.1 Å². The van der Waals surface area contributed by atoms with Crippen LogP contribution in [0.4, 0.5) is 5.69 Å². The molecule has 4 heterocycles. The van der Waals surface area contributed by atoms with E-state index in [-0.39, 0.29) is 54.6 Å². The normalized spacial score (nSPS) is 20.4. The van der Waals surface area contributed by atoms with Gasteiger partial charge in [0.1, 0.15) is 22.9 Å². The second-order valence-electron chi connectivity index (χ2n) is 15.4. The lowest BCUT2D eigenvalue weighted by Gasteiger charge is -2.49. The number of fused-ring (bicyclic) bond motifs is 5. The molecule has 2 fully saturated rings. The molecule has 3 aliphatic rings. The second-order valence-corrected chi connectivity index (χ2v) is 15.8. The van der Waals surface area contributed by atoms with Crippen LogP contribution >= 0.6 is 11.6 Å². The van der Waals surface area contributed by atoms with Crippen LogP contribution in [0.5, 0.6) is 28.7 Å². The van der Waals surface area contributed by atoms with Gasteiger partial charge in [0.15, 0.2) is 11.5 Å². The van der Waals surface area contributed by atoms with Crippen molar-refractivity contribution in [2.24, 2.45) is 13.0 Å². The Morgan fingerprint density at radius 2 is 1.50 bits per heavy atom. The molecule has 0 bridgehead atoms. The van der Waals surface area contributed by atoms with Crippen molar-refractivity contribution in [1.29, 1.82) is 0 Å². The zero-order valence-electron chi connectivity index (χ0n) is 34.3. The number of aromatic nitrogens is 5. The Morgan fingerprint density at radius 1 is 0.823 bits per heavy atom. The van der Waals surface area contributed by atoms with Gasteiger partial charge in [-0.25, -0.2) is 33.4 Å². The number of carbonyl (C=O) groups is 2. The van der Waals surface area contributed by atoms with Crippen molar-refractivity contribution in [3.05, 3.63) is 144 Å². The zero-order valence-corrected chi connectivity index (χ0v) is 35.1. The van der Waals surface area contributed by atoms with Crippen molar-refractivity contribution in [2.75, 3.05) is 33.3 Å². The van der Waals surface area contributed by atoms with Crippen molar-refractivity contribution in [3.63, 3.8) is 0 Å². The van der Waals surface area contributed by atoms with Crippen LogP contribution in [-0.4, -0.2) is 68.8 Å². The molecule has 1 N–H and O–H groups in total. The molecule has 1 aliphatic carbocycles. The maximum atomic E-state index is 15.6. The van der Waals surface area contributed by atoms with Gasteiger partial charge in [0.25, 0.3) is 5.56 Å². The van der Waals surface area contributed by atoms with Crippen molar-refractivity contribution < 1.29 is 33.6 Å². The lowest BCUT2D eigenvalue weighted by Crippen LogP contribution is -2.53. The van der Waals surface area contributed by atoms with Gasteiger partial charge in [-0.2, -0.15) is 0 Å². The maximum absolute atomic E-state index is 15.6. The number of aryl methyl sites for hydroxylation is 2. The standard InChI is InChI=1S/C45H41ClN6O10/c1-48-33-23-35(60-3)34(59-2)22-31(33)47-30(41(48)55)15-16-49-43(57)50-17-14-28-32(52(50)44(49)58)21-29-40(54)51(26-13-9-12-25(46)18-26)42(56)45(29,24-10-7-6-8-11-24)39(28)38-36(61-4)19-27(53)20-37(38)62-5/h6-14,18-20,22-23,29,32,39,53H,15-17,21H2,1-5H3. The van der Waals surface area contributed by atoms with Crippen molar-refractivity contribution in [3.8, 4) is 28.7 Å². The van der Waals surface area contributed by atoms with Gasteiger partial charge >= 0.3 is 11.4 Å². The monoisotopic (exact) mass is 860 g/mol. The number of benzene rings is 4. The highest BCUT2D eigenvalue weighted by molar-refractivity contribution is 6.32. The second kappa shape index (κ2) is 15.1. The van der Waals surface area contributed by atoms with Crippen LogP contribution in [0.15, 0.2) is 105 Å². The van der Waals surface area contributed by atoms with E-state index in [9.17, 15) is 19.5 Å². The number of anilines is 1. The highest BCUT2D eigenvalue weighted by Crippen LogP contribution is 2.64. The Labute approximate surface area is 358 Å². The molecular formula is C45H41ClN6O10. The van der Waals surface area contributed by atoms with Gasteiger partial charge in [0, 0.05) is 60.8 Å². The molecule has 1 saturated heterocycles. The third kappa shape index (κ3) is 5.80. The number of phenols is 1. The topological polar surface area (TPSA) is 178 Å². The molecule has 4 aromatic carbocycles. The minimum Gasteiger partial charge on any atom is -0.508 e. The summed E-state index contributed by atoms with van der Waals surface area (Å²) < 4.78 is 27.8. The number of aromatic hydroxyl groups is 1. The lowest BCUT2D eigenvalue weighted by atomic mass is 9.53. The van der Waals surface area contributed by atoms with Gasteiger partial charge in [0.05, 0.1) is 69.1 Å². The van der Waals surface area contributed by atoms with Crippen LogP contribution in [0.2, 0.25) is 5.02 Å². The van der Waals surface area contributed by atoms with Crippen molar-refractivity contribution >= 4 is 40.1 Å². The van der Waals surface area contributed by atoms with Gasteiger partial charge in [-0.3, -0.25) is 14.4 Å². The molecule has 0 radical (unpaired) electrons. The first kappa shape index (κ1) is 40.3. The van der Waals surface area contributed by atoms with Gasteiger partial charge < -0.3 is 28.6 Å². The van der Waals surface area contributed by atoms with Crippen LogP contribution < -0.4 is 40.8 Å². The molecule has 4 atom stereocenters. The van der Waals surface area contributed by atoms with Crippen LogP contribution in [0, 0.1) is 5.92 Å². The van der Waals surface area contributed by atoms with Crippen LogP contribution in [0.25, 0.3) is 11.0 Å². The number of hydrogen-bond donors (Lipinski definition) is 1. The number of phenolic OH excluding ortho intramolecular Hbond substituents is 1. The summed E-state index contributed by atoms with van der Waals surface area (Å²) in [6, 6.07) is 20.7. The number of nitrogens with zero attached hydrogens (tertiary/aromatic N) is 6. The first-order valence-corrected chi connectivity index (χ1v) is 20.1. The molecule has 17 heteroatoms. The zero-order chi connectivity index (χ0) is 43.8. The Balaban J connectivity index is 1.22. The number of amides is 2. The molecule has 62 heavy (non-hydrogen) atoms. The Kier molecular flexibility index (Phi) is 9.84. The summed E-state index contributed by atoms with van der Waals surface area (Å²) in [5.74, 6) is -2.18. The fraction of sp³-hybridized carbons (Fsp3) is 0.289. The Morgan fingerprint density at radius 3 is 2.16 bits per heavy atom. The molecule has 318 valence electrons. The largest absolute Gasteiger partial charge is 0.508 e. The highest BCUT2D eigenvalue weighted by Gasteiger charge is 2.69. The number of hydrogen-bond acceptors (Lipinski definition) is 11. The minimum atomic E-state index is -1.65. The number of rotatable bonds is 10. The molecule has 4 unspecified atom stereocenters.